The van der Waals surface area contributed by atoms with Crippen molar-refractivity contribution >= 4 is 5.91 Å². The zero-order chi connectivity index (χ0) is 16.3. The van der Waals surface area contributed by atoms with Gasteiger partial charge in [-0.05, 0) is 44.9 Å². The number of carbonyl (C=O) groups is 1. The molecule has 0 bridgehead atoms. The van der Waals surface area contributed by atoms with Gasteiger partial charge in [0.25, 0.3) is 0 Å². The van der Waals surface area contributed by atoms with Crippen molar-refractivity contribution in [3.8, 4) is 0 Å². The molecule has 0 aromatic heterocycles. The lowest BCUT2D eigenvalue weighted by Gasteiger charge is -2.27. The maximum Gasteiger partial charge on any atom is 0.416 e. The maximum atomic E-state index is 12.5. The molecule has 1 amide bonds. The second-order valence-electron chi connectivity index (χ2n) is 5.69. The Balaban J connectivity index is 2.79. The predicted octanol–water partition coefficient (Wildman–Crippen LogP) is 3.09. The quantitative estimate of drug-likeness (QED) is 0.878. The SMILES string of the molecule is C[C@@H](C(=O)NC(C)(C)CCO)c1ccc(C(F)(F)F)cc1. The third-order valence-corrected chi connectivity index (χ3v) is 3.33. The molecule has 0 fully saturated rings. The molecular weight excluding hydrogens is 283 g/mol. The summed E-state index contributed by atoms with van der Waals surface area (Å²) in [5.74, 6) is -0.849. The molecule has 118 valence electrons. The maximum absolute atomic E-state index is 12.5. The fourth-order valence-corrected chi connectivity index (χ4v) is 1.90. The summed E-state index contributed by atoms with van der Waals surface area (Å²) in [6.07, 6.45) is -3.98. The summed E-state index contributed by atoms with van der Waals surface area (Å²) in [6, 6.07) is 4.56. The molecule has 2 N–H and O–H groups in total. The van der Waals surface area contributed by atoms with Crippen molar-refractivity contribution in [2.75, 3.05) is 6.61 Å². The first-order chi connectivity index (χ1) is 9.57. The summed E-state index contributed by atoms with van der Waals surface area (Å²) >= 11 is 0. The highest BCUT2D eigenvalue weighted by Gasteiger charge is 2.30. The van der Waals surface area contributed by atoms with E-state index >= 15 is 0 Å². The molecule has 0 spiro atoms. The molecular formula is C15H20F3NO2. The Morgan fingerprint density at radius 3 is 2.19 bits per heavy atom. The number of rotatable bonds is 5. The zero-order valence-electron chi connectivity index (χ0n) is 12.3. The summed E-state index contributed by atoms with van der Waals surface area (Å²) in [5, 5.41) is 11.7. The van der Waals surface area contributed by atoms with Gasteiger partial charge in [-0.15, -0.1) is 0 Å². The summed E-state index contributed by atoms with van der Waals surface area (Å²) in [6.45, 7) is 5.13. The third-order valence-electron chi connectivity index (χ3n) is 3.33. The van der Waals surface area contributed by atoms with Crippen molar-refractivity contribution in [2.45, 2.75) is 44.8 Å². The number of benzene rings is 1. The van der Waals surface area contributed by atoms with Gasteiger partial charge in [-0.2, -0.15) is 13.2 Å². The van der Waals surface area contributed by atoms with Crippen molar-refractivity contribution in [1.82, 2.24) is 5.32 Å². The Hall–Kier alpha value is -1.56. The molecule has 0 saturated carbocycles. The van der Waals surface area contributed by atoms with E-state index < -0.39 is 23.2 Å². The van der Waals surface area contributed by atoms with E-state index in [1.165, 1.54) is 12.1 Å². The average molecular weight is 303 g/mol. The number of amides is 1. The molecule has 21 heavy (non-hydrogen) atoms. The number of aliphatic hydroxyl groups is 1. The van der Waals surface area contributed by atoms with Crippen LogP contribution in [0.4, 0.5) is 13.2 Å². The number of hydrogen-bond donors (Lipinski definition) is 2. The van der Waals surface area contributed by atoms with Crippen LogP contribution < -0.4 is 5.32 Å². The topological polar surface area (TPSA) is 49.3 Å². The van der Waals surface area contributed by atoms with Crippen LogP contribution in [0.25, 0.3) is 0 Å². The van der Waals surface area contributed by atoms with Gasteiger partial charge in [0.15, 0.2) is 0 Å². The molecule has 3 nitrogen and oxygen atoms in total. The molecule has 0 saturated heterocycles. The highest BCUT2D eigenvalue weighted by molar-refractivity contribution is 5.83. The Labute approximate surface area is 122 Å². The first-order valence-corrected chi connectivity index (χ1v) is 6.67. The van der Waals surface area contributed by atoms with Gasteiger partial charge in [0.1, 0.15) is 0 Å². The molecule has 1 atom stereocenters. The van der Waals surface area contributed by atoms with Gasteiger partial charge in [-0.3, -0.25) is 4.79 Å². The third kappa shape index (κ3) is 5.04. The number of carbonyl (C=O) groups excluding carboxylic acids is 1. The minimum atomic E-state index is -4.38. The number of halogens is 3. The molecule has 0 aliphatic carbocycles. The average Bonchev–Trinajstić information content (AvgIpc) is 2.36. The lowest BCUT2D eigenvalue weighted by molar-refractivity contribution is -0.137. The van der Waals surface area contributed by atoms with Crippen molar-refractivity contribution in [1.29, 1.82) is 0 Å². The zero-order valence-corrected chi connectivity index (χ0v) is 12.3. The number of alkyl halides is 3. The summed E-state index contributed by atoms with van der Waals surface area (Å²) in [7, 11) is 0. The van der Waals surface area contributed by atoms with E-state index in [4.69, 9.17) is 5.11 Å². The van der Waals surface area contributed by atoms with Crippen molar-refractivity contribution in [2.24, 2.45) is 0 Å². The van der Waals surface area contributed by atoms with E-state index in [2.05, 4.69) is 5.32 Å². The predicted molar refractivity (Wildman–Crippen MR) is 73.8 cm³/mol. The van der Waals surface area contributed by atoms with Gasteiger partial charge in [0.05, 0.1) is 11.5 Å². The van der Waals surface area contributed by atoms with E-state index in [9.17, 15) is 18.0 Å². The van der Waals surface area contributed by atoms with Crippen LogP contribution in [0.2, 0.25) is 0 Å². The van der Waals surface area contributed by atoms with E-state index in [0.717, 1.165) is 12.1 Å². The van der Waals surface area contributed by atoms with Crippen LogP contribution in [-0.2, 0) is 11.0 Å². The standard InChI is InChI=1S/C15H20F3NO2/c1-10(13(21)19-14(2,3)8-9-20)11-4-6-12(7-5-11)15(16,17)18/h4-7,10,20H,8-9H2,1-3H3,(H,19,21)/t10-/m1/s1. The van der Waals surface area contributed by atoms with Crippen LogP contribution in [0, 0.1) is 0 Å². The van der Waals surface area contributed by atoms with Crippen LogP contribution >= 0.6 is 0 Å². The first-order valence-electron chi connectivity index (χ1n) is 6.67. The lowest BCUT2D eigenvalue weighted by atomic mass is 9.95. The van der Waals surface area contributed by atoms with Crippen molar-refractivity contribution in [3.05, 3.63) is 35.4 Å². The van der Waals surface area contributed by atoms with Gasteiger partial charge < -0.3 is 10.4 Å². The van der Waals surface area contributed by atoms with Gasteiger partial charge in [0, 0.05) is 12.1 Å². The summed E-state index contributed by atoms with van der Waals surface area (Å²) in [4.78, 5) is 12.1. The van der Waals surface area contributed by atoms with Crippen molar-refractivity contribution in [3.63, 3.8) is 0 Å². The normalized spacial score (nSPS) is 13.9. The smallest absolute Gasteiger partial charge is 0.396 e. The molecule has 6 heteroatoms. The molecule has 1 aromatic rings. The highest BCUT2D eigenvalue weighted by Crippen LogP contribution is 2.30. The number of aliphatic hydroxyl groups excluding tert-OH is 1. The van der Waals surface area contributed by atoms with Gasteiger partial charge in [-0.1, -0.05) is 12.1 Å². The van der Waals surface area contributed by atoms with E-state index in [0.29, 0.717) is 12.0 Å². The molecule has 0 aliphatic heterocycles. The Morgan fingerprint density at radius 1 is 1.24 bits per heavy atom. The van der Waals surface area contributed by atoms with Crippen LogP contribution in [0.3, 0.4) is 0 Å². The number of hydrogen-bond acceptors (Lipinski definition) is 2. The van der Waals surface area contributed by atoms with Gasteiger partial charge >= 0.3 is 6.18 Å². The van der Waals surface area contributed by atoms with Gasteiger partial charge in [0.2, 0.25) is 5.91 Å². The largest absolute Gasteiger partial charge is 0.416 e. The van der Waals surface area contributed by atoms with Crippen LogP contribution in [0.5, 0.6) is 0 Å². The van der Waals surface area contributed by atoms with E-state index in [1.54, 1.807) is 20.8 Å². The van der Waals surface area contributed by atoms with E-state index in [-0.39, 0.29) is 12.5 Å². The molecule has 0 unspecified atom stereocenters. The lowest BCUT2D eigenvalue weighted by Crippen LogP contribution is -2.45. The Morgan fingerprint density at radius 2 is 1.76 bits per heavy atom. The Bertz CT molecular complexity index is 481. The molecule has 0 radical (unpaired) electrons. The minimum Gasteiger partial charge on any atom is -0.396 e. The van der Waals surface area contributed by atoms with Gasteiger partial charge in [-0.25, -0.2) is 0 Å². The second kappa shape index (κ2) is 6.47. The highest BCUT2D eigenvalue weighted by atomic mass is 19.4. The second-order valence-corrected chi connectivity index (χ2v) is 5.69. The summed E-state index contributed by atoms with van der Waals surface area (Å²) < 4.78 is 37.5. The van der Waals surface area contributed by atoms with Crippen molar-refractivity contribution < 1.29 is 23.1 Å². The molecule has 0 aliphatic rings. The molecule has 1 aromatic carbocycles. The fourth-order valence-electron chi connectivity index (χ4n) is 1.90. The Kier molecular flexibility index (Phi) is 5.39. The van der Waals surface area contributed by atoms with Crippen LogP contribution in [-0.4, -0.2) is 23.2 Å². The first kappa shape index (κ1) is 17.5. The minimum absolute atomic E-state index is 0.0536. The summed E-state index contributed by atoms with van der Waals surface area (Å²) in [5.41, 5.74) is -0.786. The van der Waals surface area contributed by atoms with Crippen LogP contribution in [0.1, 0.15) is 44.2 Å². The number of nitrogens with one attached hydrogen (secondary N) is 1. The monoisotopic (exact) mass is 303 g/mol. The van der Waals surface area contributed by atoms with E-state index in [1.807, 2.05) is 0 Å². The molecule has 1 rings (SSSR count). The molecule has 0 heterocycles. The fraction of sp³-hybridized carbons (Fsp3) is 0.533. The van der Waals surface area contributed by atoms with Crippen LogP contribution in [0.15, 0.2) is 24.3 Å².